The van der Waals surface area contributed by atoms with Crippen molar-refractivity contribution in [3.63, 3.8) is 0 Å². The first-order valence-electron chi connectivity index (χ1n) is 3.86. The number of nitro groups is 1. The van der Waals surface area contributed by atoms with E-state index in [1.165, 1.54) is 6.92 Å². The monoisotopic (exact) mass is 230 g/mol. The molecule has 0 aromatic heterocycles. The molecule has 0 fully saturated rings. The Hall–Kier alpha value is -1.82. The number of phenols is 1. The Kier molecular flexibility index (Phi) is 3.11. The first-order chi connectivity index (χ1) is 6.91. The Morgan fingerprint density at radius 1 is 1.60 bits per heavy atom. The van der Waals surface area contributed by atoms with Gasteiger partial charge >= 0.3 is 5.69 Å². The second kappa shape index (κ2) is 4.14. The summed E-state index contributed by atoms with van der Waals surface area (Å²) >= 11 is 5.66. The van der Waals surface area contributed by atoms with E-state index in [4.69, 9.17) is 11.6 Å². The number of amides is 1. The molecule has 1 amide bonds. The van der Waals surface area contributed by atoms with Crippen LogP contribution in [-0.4, -0.2) is 15.9 Å². The van der Waals surface area contributed by atoms with Crippen LogP contribution in [-0.2, 0) is 4.79 Å². The van der Waals surface area contributed by atoms with Crippen LogP contribution in [0.4, 0.5) is 11.4 Å². The second-order valence-electron chi connectivity index (χ2n) is 2.76. The maximum Gasteiger partial charge on any atom is 0.312 e. The lowest BCUT2D eigenvalue weighted by Crippen LogP contribution is -2.06. The summed E-state index contributed by atoms with van der Waals surface area (Å²) in [6.45, 7) is 1.26. The number of aromatic hydroxyl groups is 1. The molecule has 1 rings (SSSR count). The highest BCUT2D eigenvalue weighted by molar-refractivity contribution is 6.34. The van der Waals surface area contributed by atoms with Crippen molar-refractivity contribution in [3.8, 4) is 5.75 Å². The second-order valence-corrected chi connectivity index (χ2v) is 3.17. The van der Waals surface area contributed by atoms with Crippen molar-refractivity contribution in [1.29, 1.82) is 0 Å². The Morgan fingerprint density at radius 3 is 2.67 bits per heavy atom. The maximum absolute atomic E-state index is 10.7. The average Bonchev–Trinajstić information content (AvgIpc) is 2.09. The van der Waals surface area contributed by atoms with Crippen molar-refractivity contribution in [2.45, 2.75) is 6.92 Å². The number of nitrogens with one attached hydrogen (secondary N) is 1. The zero-order chi connectivity index (χ0) is 11.6. The molecule has 80 valence electrons. The van der Waals surface area contributed by atoms with Gasteiger partial charge in [-0.25, -0.2) is 0 Å². The Morgan fingerprint density at radius 2 is 2.20 bits per heavy atom. The number of benzene rings is 1. The molecule has 0 saturated heterocycles. The number of carbonyl (C=O) groups excluding carboxylic acids is 1. The molecule has 0 unspecified atom stereocenters. The van der Waals surface area contributed by atoms with Gasteiger partial charge < -0.3 is 10.4 Å². The van der Waals surface area contributed by atoms with E-state index in [1.807, 2.05) is 0 Å². The molecule has 15 heavy (non-hydrogen) atoms. The molecule has 0 saturated carbocycles. The highest BCUT2D eigenvalue weighted by Crippen LogP contribution is 2.34. The van der Waals surface area contributed by atoms with Crippen LogP contribution in [0.2, 0.25) is 5.02 Å². The van der Waals surface area contributed by atoms with Gasteiger partial charge in [0.05, 0.1) is 15.6 Å². The SMILES string of the molecule is CC(=O)Nc1cc(O)c([N+](=O)[O-])cc1Cl. The number of anilines is 1. The van der Waals surface area contributed by atoms with Gasteiger partial charge in [0.15, 0.2) is 5.75 Å². The smallest absolute Gasteiger partial charge is 0.312 e. The summed E-state index contributed by atoms with van der Waals surface area (Å²) in [5, 5.41) is 22.0. The van der Waals surface area contributed by atoms with Crippen LogP contribution in [0.25, 0.3) is 0 Å². The molecule has 0 aliphatic heterocycles. The van der Waals surface area contributed by atoms with Crippen molar-refractivity contribution in [2.75, 3.05) is 5.32 Å². The largest absolute Gasteiger partial charge is 0.502 e. The van der Waals surface area contributed by atoms with Gasteiger partial charge in [-0.2, -0.15) is 0 Å². The van der Waals surface area contributed by atoms with Gasteiger partial charge in [-0.1, -0.05) is 11.6 Å². The fourth-order valence-electron chi connectivity index (χ4n) is 0.983. The summed E-state index contributed by atoms with van der Waals surface area (Å²) in [5.41, 5.74) is -0.374. The van der Waals surface area contributed by atoms with Crippen molar-refractivity contribution in [1.82, 2.24) is 0 Å². The molecule has 0 atom stereocenters. The number of hydrogen-bond donors (Lipinski definition) is 2. The number of phenolic OH excluding ortho intramolecular Hbond substituents is 1. The van der Waals surface area contributed by atoms with E-state index < -0.39 is 16.4 Å². The quantitative estimate of drug-likeness (QED) is 0.600. The lowest BCUT2D eigenvalue weighted by atomic mass is 10.2. The third-order valence-electron chi connectivity index (χ3n) is 1.57. The lowest BCUT2D eigenvalue weighted by Gasteiger charge is -2.05. The van der Waals surface area contributed by atoms with Crippen LogP contribution in [0.1, 0.15) is 6.92 Å². The molecule has 1 aromatic carbocycles. The van der Waals surface area contributed by atoms with Crippen LogP contribution in [0.3, 0.4) is 0 Å². The van der Waals surface area contributed by atoms with E-state index >= 15 is 0 Å². The molecular weight excluding hydrogens is 224 g/mol. The summed E-state index contributed by atoms with van der Waals surface area (Å²) in [7, 11) is 0. The van der Waals surface area contributed by atoms with Crippen molar-refractivity contribution in [2.24, 2.45) is 0 Å². The van der Waals surface area contributed by atoms with Crippen molar-refractivity contribution in [3.05, 3.63) is 27.3 Å². The topological polar surface area (TPSA) is 92.5 Å². The van der Waals surface area contributed by atoms with Gasteiger partial charge in [-0.3, -0.25) is 14.9 Å². The van der Waals surface area contributed by atoms with Crippen LogP contribution < -0.4 is 5.32 Å². The van der Waals surface area contributed by atoms with Crippen LogP contribution in [0.5, 0.6) is 5.75 Å². The lowest BCUT2D eigenvalue weighted by molar-refractivity contribution is -0.385. The summed E-state index contributed by atoms with van der Waals surface area (Å²) in [6.07, 6.45) is 0. The van der Waals surface area contributed by atoms with E-state index in [0.29, 0.717) is 0 Å². The van der Waals surface area contributed by atoms with Crippen LogP contribution in [0, 0.1) is 10.1 Å². The summed E-state index contributed by atoms with van der Waals surface area (Å²) in [5.74, 6) is -0.932. The molecule has 2 N–H and O–H groups in total. The Labute approximate surface area is 89.6 Å². The molecule has 1 aromatic rings. The molecule has 0 aliphatic carbocycles. The first kappa shape index (κ1) is 11.3. The number of halogens is 1. The molecule has 6 nitrogen and oxygen atoms in total. The van der Waals surface area contributed by atoms with E-state index in [0.717, 1.165) is 12.1 Å². The van der Waals surface area contributed by atoms with Crippen molar-refractivity contribution >= 4 is 28.9 Å². The minimum absolute atomic E-state index is 0.00491. The summed E-state index contributed by atoms with van der Waals surface area (Å²) in [6, 6.07) is 2.00. The number of carbonyl (C=O) groups is 1. The molecule has 0 heterocycles. The number of nitro benzene ring substituents is 1. The normalized spacial score (nSPS) is 9.73. The van der Waals surface area contributed by atoms with E-state index in [-0.39, 0.29) is 16.6 Å². The van der Waals surface area contributed by atoms with Gasteiger partial charge in [0.1, 0.15) is 0 Å². The first-order valence-corrected chi connectivity index (χ1v) is 4.24. The molecule has 0 radical (unpaired) electrons. The number of nitrogens with zero attached hydrogens (tertiary/aromatic N) is 1. The third kappa shape index (κ3) is 2.57. The molecule has 0 spiro atoms. The Balaban J connectivity index is 3.19. The minimum atomic E-state index is -0.765. The maximum atomic E-state index is 10.7. The zero-order valence-corrected chi connectivity index (χ0v) is 8.41. The third-order valence-corrected chi connectivity index (χ3v) is 1.88. The van der Waals surface area contributed by atoms with Gasteiger partial charge in [-0.05, 0) is 0 Å². The van der Waals surface area contributed by atoms with Gasteiger partial charge in [0.25, 0.3) is 0 Å². The predicted octanol–water partition coefficient (Wildman–Crippen LogP) is 1.91. The zero-order valence-electron chi connectivity index (χ0n) is 7.65. The van der Waals surface area contributed by atoms with E-state index in [9.17, 15) is 20.0 Å². The molecule has 7 heteroatoms. The Bertz CT molecular complexity index is 433. The fraction of sp³-hybridized carbons (Fsp3) is 0.125. The molecule has 0 aliphatic rings. The minimum Gasteiger partial charge on any atom is -0.502 e. The predicted molar refractivity (Wildman–Crippen MR) is 54.1 cm³/mol. The van der Waals surface area contributed by atoms with Gasteiger partial charge in [0, 0.05) is 19.1 Å². The average molecular weight is 231 g/mol. The summed E-state index contributed by atoms with van der Waals surface area (Å²) in [4.78, 5) is 20.4. The standard InChI is InChI=1S/C8H7ClN2O4/c1-4(12)10-6-3-8(13)7(11(14)15)2-5(6)9/h2-3,13H,1H3,(H,10,12). The number of hydrogen-bond acceptors (Lipinski definition) is 4. The van der Waals surface area contributed by atoms with Gasteiger partial charge in [-0.15, -0.1) is 0 Å². The molecular formula is C8H7ClN2O4. The molecule has 0 bridgehead atoms. The van der Waals surface area contributed by atoms with E-state index in [1.54, 1.807) is 0 Å². The van der Waals surface area contributed by atoms with Crippen LogP contribution in [0.15, 0.2) is 12.1 Å². The fourth-order valence-corrected chi connectivity index (χ4v) is 1.19. The highest BCUT2D eigenvalue weighted by Gasteiger charge is 2.17. The van der Waals surface area contributed by atoms with Crippen LogP contribution >= 0.6 is 11.6 Å². The number of rotatable bonds is 2. The van der Waals surface area contributed by atoms with Gasteiger partial charge in [0.2, 0.25) is 5.91 Å². The van der Waals surface area contributed by atoms with E-state index in [2.05, 4.69) is 5.32 Å². The summed E-state index contributed by atoms with van der Waals surface area (Å²) < 4.78 is 0. The highest BCUT2D eigenvalue weighted by atomic mass is 35.5. The van der Waals surface area contributed by atoms with Crippen molar-refractivity contribution < 1.29 is 14.8 Å².